The molecule has 3 saturated heterocycles. The topological polar surface area (TPSA) is 292 Å². The maximum absolute atomic E-state index is 14.5. The first-order valence-corrected chi connectivity index (χ1v) is 26.5. The molecule has 0 saturated carbocycles. The molecule has 24 nitrogen and oxygen atoms in total. The second kappa shape index (κ2) is 29.2. The van der Waals surface area contributed by atoms with Gasteiger partial charge in [-0.15, -0.1) is 6.58 Å². The third-order valence-electron chi connectivity index (χ3n) is 12.4. The van der Waals surface area contributed by atoms with Crippen LogP contribution in [0.4, 0.5) is 0 Å². The molecule has 0 unspecified atom stereocenters. The molecule has 3 aliphatic heterocycles. The lowest BCUT2D eigenvalue weighted by molar-refractivity contribution is -0.382. The first-order valence-electron chi connectivity index (χ1n) is 26.5. The second-order valence-corrected chi connectivity index (χ2v) is 20.1. The highest BCUT2D eigenvalue weighted by molar-refractivity contribution is 5.92. The van der Waals surface area contributed by atoms with Crippen molar-refractivity contribution >= 4 is 53.7 Å². The van der Waals surface area contributed by atoms with E-state index in [9.17, 15) is 43.2 Å². The van der Waals surface area contributed by atoms with Crippen LogP contribution in [0.5, 0.6) is 0 Å². The van der Waals surface area contributed by atoms with Gasteiger partial charge in [0.2, 0.25) is 0 Å². The number of benzene rings is 4. The van der Waals surface area contributed by atoms with Gasteiger partial charge in [-0.3, -0.25) is 19.2 Å². The van der Waals surface area contributed by atoms with Gasteiger partial charge in [-0.05, 0) is 69.3 Å². The Morgan fingerprint density at radius 3 is 1.38 bits per heavy atom. The Kier molecular flexibility index (Phi) is 22.0. The Hall–Kier alpha value is -8.39. The maximum Gasteiger partial charge on any atom is 0.339 e. The van der Waals surface area contributed by atoms with E-state index in [0.29, 0.717) is 0 Å². The van der Waals surface area contributed by atoms with Crippen molar-refractivity contribution in [3.63, 3.8) is 0 Å². The minimum atomic E-state index is -2.15. The summed E-state index contributed by atoms with van der Waals surface area (Å²) < 4.78 is 91.8. The molecule has 0 radical (unpaired) electrons. The molecule has 24 heteroatoms. The van der Waals surface area contributed by atoms with Crippen LogP contribution in [0.2, 0.25) is 0 Å². The Bertz CT molecular complexity index is 2930. The predicted octanol–water partition coefficient (Wildman–Crippen LogP) is 5.37. The van der Waals surface area contributed by atoms with Crippen LogP contribution in [0.1, 0.15) is 89.9 Å². The number of carbonyl (C=O) groups excluding carboxylic acids is 9. The van der Waals surface area contributed by atoms with E-state index >= 15 is 0 Å². The quantitative estimate of drug-likeness (QED) is 0.0575. The van der Waals surface area contributed by atoms with Crippen molar-refractivity contribution in [1.82, 2.24) is 0 Å². The molecule has 7 rings (SSSR count). The predicted molar refractivity (Wildman–Crippen MR) is 285 cm³/mol. The number of ether oxygens (including phenoxy) is 15. The second-order valence-electron chi connectivity index (χ2n) is 20.1. The summed E-state index contributed by atoms with van der Waals surface area (Å²) in [4.78, 5) is 123. The number of esters is 9. The molecule has 0 amide bonds. The summed E-state index contributed by atoms with van der Waals surface area (Å²) in [5, 5.41) is 0. The number of rotatable bonds is 21. The highest BCUT2D eigenvalue weighted by Gasteiger charge is 2.61. The van der Waals surface area contributed by atoms with Crippen LogP contribution in [0, 0.1) is 0 Å². The van der Waals surface area contributed by atoms with E-state index in [1.54, 1.807) is 81.4 Å². The Balaban J connectivity index is 1.44. The molecule has 3 fully saturated rings. The molecule has 448 valence electrons. The molecule has 0 aliphatic carbocycles. The van der Waals surface area contributed by atoms with Gasteiger partial charge < -0.3 is 71.1 Å². The van der Waals surface area contributed by atoms with Gasteiger partial charge in [-0.1, -0.05) is 78.9 Å². The van der Waals surface area contributed by atoms with Crippen molar-refractivity contribution in [2.24, 2.45) is 0 Å². The van der Waals surface area contributed by atoms with Crippen molar-refractivity contribution in [2.45, 2.75) is 140 Å². The zero-order chi connectivity index (χ0) is 60.7. The van der Waals surface area contributed by atoms with Crippen molar-refractivity contribution in [3.05, 3.63) is 156 Å². The van der Waals surface area contributed by atoms with E-state index in [4.69, 9.17) is 71.1 Å². The zero-order valence-electron chi connectivity index (χ0n) is 46.8. The molecular weight excluding hydrogens is 1100 g/mol. The van der Waals surface area contributed by atoms with Crippen molar-refractivity contribution in [1.29, 1.82) is 0 Å². The van der Waals surface area contributed by atoms with Gasteiger partial charge >= 0.3 is 53.7 Å². The molecule has 0 aromatic heterocycles. The SMILES string of the molecule is C=CCO[C@H]1O[C@H](C(=O)OC(C)(C)C)[C@@H](OC(C)=O)[C@H](O[C@@H]2OC[C@@H](OC(C)=O)[C@H](OC(C)=O)[C@H]2OC(C)=O)[C@H]1O[C@@H]1O[C@H](COC(=O)c2ccccc2)[C@H](OC(=O)c2ccccc2)[C@H](OC(=O)c2ccccc2)[C@H]1OC(=O)c1ccccc1. The van der Waals surface area contributed by atoms with E-state index in [1.165, 1.54) is 66.7 Å². The standard InChI is InChI=1S/C60H64O24/c1-9-30-70-57-50(47(46(75-35(4)63)48(82-57)56(69)84-60(6,7)8)81-58-49(76-36(5)64)44(74-34(3)62)41(32-72-58)73-33(2)61)83-59-51(80-55(68)40-28-20-13-21-29-40)45(79-54(67)39-26-18-12-19-27-39)43(78-53(66)38-24-16-11-17-25-38)42(77-59)31-71-52(65)37-22-14-10-15-23-37/h9-29,41-51,57-59H,1,30-32H2,2-8H3/t41-,42-,43+,44+,45+,46+,47+,48+,49-,50-,51-,57+,58+,59+/m1/s1. The van der Waals surface area contributed by atoms with Crippen LogP contribution in [-0.2, 0) is 95.0 Å². The minimum Gasteiger partial charge on any atom is -0.459 e. The molecule has 3 aliphatic rings. The Morgan fingerprint density at radius 1 is 0.476 bits per heavy atom. The molecule has 0 spiro atoms. The average Bonchev–Trinajstić information content (AvgIpc) is 1.83. The van der Waals surface area contributed by atoms with Gasteiger partial charge in [-0.25, -0.2) is 24.0 Å². The zero-order valence-corrected chi connectivity index (χ0v) is 46.8. The summed E-state index contributed by atoms with van der Waals surface area (Å²) in [6.45, 7) is 10.7. The molecular formula is C60H64O24. The van der Waals surface area contributed by atoms with Gasteiger partial charge in [0, 0.05) is 27.7 Å². The van der Waals surface area contributed by atoms with E-state index in [1.807, 2.05) is 0 Å². The normalized spacial score (nSPS) is 26.6. The first kappa shape index (κ1) is 63.2. The fourth-order valence-corrected chi connectivity index (χ4v) is 9.05. The summed E-state index contributed by atoms with van der Waals surface area (Å²) in [5.74, 6) is -8.93. The molecule has 3 heterocycles. The molecule has 0 bridgehead atoms. The summed E-state index contributed by atoms with van der Waals surface area (Å²) in [5.41, 5.74) is -1.20. The van der Waals surface area contributed by atoms with Crippen LogP contribution >= 0.6 is 0 Å². The van der Waals surface area contributed by atoms with Gasteiger partial charge in [0.15, 0.2) is 67.7 Å². The lowest BCUT2D eigenvalue weighted by atomic mass is 9.95. The number of hydrogen-bond donors (Lipinski definition) is 0. The highest BCUT2D eigenvalue weighted by atomic mass is 16.8. The van der Waals surface area contributed by atoms with Gasteiger partial charge in [0.1, 0.15) is 30.5 Å². The van der Waals surface area contributed by atoms with E-state index in [2.05, 4.69) is 6.58 Å². The monoisotopic (exact) mass is 1170 g/mol. The Morgan fingerprint density at radius 2 is 0.905 bits per heavy atom. The van der Waals surface area contributed by atoms with Crippen LogP contribution in [0.3, 0.4) is 0 Å². The van der Waals surface area contributed by atoms with Crippen molar-refractivity contribution in [3.8, 4) is 0 Å². The molecule has 4 aromatic carbocycles. The average molecular weight is 1170 g/mol. The number of carbonyl (C=O) groups is 9. The van der Waals surface area contributed by atoms with Gasteiger partial charge in [-0.2, -0.15) is 0 Å². The Labute approximate surface area is 482 Å². The number of hydrogen-bond acceptors (Lipinski definition) is 24. The lowest BCUT2D eigenvalue weighted by Gasteiger charge is -2.50. The van der Waals surface area contributed by atoms with E-state index in [0.717, 1.165) is 27.7 Å². The fraction of sp³-hybridized carbons (Fsp3) is 0.417. The van der Waals surface area contributed by atoms with Crippen LogP contribution < -0.4 is 0 Å². The smallest absolute Gasteiger partial charge is 0.339 e. The minimum absolute atomic E-state index is 0.00610. The molecule has 0 N–H and O–H groups in total. The van der Waals surface area contributed by atoms with Crippen LogP contribution in [-0.4, -0.2) is 165 Å². The van der Waals surface area contributed by atoms with Crippen molar-refractivity contribution in [2.75, 3.05) is 19.8 Å². The third-order valence-corrected chi connectivity index (χ3v) is 12.4. The third kappa shape index (κ3) is 17.1. The van der Waals surface area contributed by atoms with Gasteiger partial charge in [0.05, 0.1) is 35.5 Å². The van der Waals surface area contributed by atoms with Gasteiger partial charge in [0.25, 0.3) is 0 Å². The summed E-state index contributed by atoms with van der Waals surface area (Å²) in [6, 6.07) is 30.5. The largest absolute Gasteiger partial charge is 0.459 e. The van der Waals surface area contributed by atoms with Crippen molar-refractivity contribution < 1.29 is 114 Å². The molecule has 14 atom stereocenters. The van der Waals surface area contributed by atoms with E-state index < -0.39 is 159 Å². The summed E-state index contributed by atoms with van der Waals surface area (Å²) in [7, 11) is 0. The lowest BCUT2D eigenvalue weighted by Crippen LogP contribution is -2.69. The van der Waals surface area contributed by atoms with Crippen LogP contribution in [0.15, 0.2) is 134 Å². The fourth-order valence-electron chi connectivity index (χ4n) is 9.05. The van der Waals surface area contributed by atoms with E-state index in [-0.39, 0.29) is 28.9 Å². The first-order chi connectivity index (χ1) is 40.1. The summed E-state index contributed by atoms with van der Waals surface area (Å²) in [6.07, 6.45) is -25.2. The summed E-state index contributed by atoms with van der Waals surface area (Å²) >= 11 is 0. The maximum atomic E-state index is 14.5. The highest BCUT2D eigenvalue weighted by Crippen LogP contribution is 2.39. The van der Waals surface area contributed by atoms with Crippen LogP contribution in [0.25, 0.3) is 0 Å². The molecule has 84 heavy (non-hydrogen) atoms. The molecule has 4 aromatic rings.